The van der Waals surface area contributed by atoms with Gasteiger partial charge in [0.15, 0.2) is 5.13 Å². The maximum absolute atomic E-state index is 6.16. The second-order valence-electron chi connectivity index (χ2n) is 5.00. The number of pyridine rings is 1. The zero-order chi connectivity index (χ0) is 13.7. The molecule has 2 heterocycles. The van der Waals surface area contributed by atoms with Crippen molar-refractivity contribution in [3.05, 3.63) is 39.9 Å². The Hall–Kier alpha value is -1.65. The summed E-state index contributed by atoms with van der Waals surface area (Å²) < 4.78 is 0. The van der Waals surface area contributed by atoms with E-state index in [4.69, 9.17) is 22.3 Å². The first kappa shape index (κ1) is 12.1. The smallest absolute Gasteiger partial charge is 0.180 e. The van der Waals surface area contributed by atoms with Crippen LogP contribution in [0.2, 0.25) is 5.02 Å². The third-order valence-corrected chi connectivity index (χ3v) is 4.66. The molecule has 2 N–H and O–H groups in total. The number of halogens is 1. The molecule has 3 nitrogen and oxygen atoms in total. The van der Waals surface area contributed by atoms with E-state index in [1.165, 1.54) is 22.6 Å². The molecule has 0 fully saturated rings. The lowest BCUT2D eigenvalue weighted by molar-refractivity contribution is 0.901. The lowest BCUT2D eigenvalue weighted by Crippen LogP contribution is -1.96. The minimum absolute atomic E-state index is 0.596. The Balaban J connectivity index is 2.12. The lowest BCUT2D eigenvalue weighted by Gasteiger charge is -2.11. The predicted molar refractivity (Wildman–Crippen MR) is 84.3 cm³/mol. The molecule has 1 aliphatic rings. The quantitative estimate of drug-likeness (QED) is 0.736. The first-order chi connectivity index (χ1) is 9.72. The van der Waals surface area contributed by atoms with E-state index in [-0.39, 0.29) is 0 Å². The zero-order valence-electron chi connectivity index (χ0n) is 10.7. The summed E-state index contributed by atoms with van der Waals surface area (Å²) in [6, 6.07) is 5.85. The predicted octanol–water partition coefficient (Wildman–Crippen LogP) is 4.08. The van der Waals surface area contributed by atoms with Crippen LogP contribution in [0.4, 0.5) is 5.13 Å². The number of nitrogens with two attached hydrogens (primary N) is 1. The van der Waals surface area contributed by atoms with Crippen LogP contribution >= 0.6 is 22.9 Å². The highest BCUT2D eigenvalue weighted by Gasteiger charge is 2.22. The minimum atomic E-state index is 0.596. The summed E-state index contributed by atoms with van der Waals surface area (Å²) in [6.45, 7) is 0. The summed E-state index contributed by atoms with van der Waals surface area (Å²) in [5.74, 6) is 0. The fourth-order valence-electron chi connectivity index (χ4n) is 2.93. The van der Waals surface area contributed by atoms with Crippen molar-refractivity contribution in [2.45, 2.75) is 19.3 Å². The van der Waals surface area contributed by atoms with Crippen molar-refractivity contribution >= 4 is 39.0 Å². The molecule has 0 spiro atoms. The van der Waals surface area contributed by atoms with Gasteiger partial charge in [-0.25, -0.2) is 4.98 Å². The van der Waals surface area contributed by atoms with Crippen LogP contribution in [0, 0.1) is 0 Å². The van der Waals surface area contributed by atoms with E-state index in [2.05, 4.69) is 4.98 Å². The van der Waals surface area contributed by atoms with Gasteiger partial charge in [0.25, 0.3) is 0 Å². The summed E-state index contributed by atoms with van der Waals surface area (Å²) in [5.41, 5.74) is 11.4. The van der Waals surface area contributed by atoms with Crippen molar-refractivity contribution < 1.29 is 0 Å². The molecule has 5 heteroatoms. The summed E-state index contributed by atoms with van der Waals surface area (Å²) >= 11 is 7.63. The second kappa shape index (κ2) is 4.43. The molecular weight excluding hydrogens is 290 g/mol. The molecule has 3 aromatic rings. The molecule has 0 aliphatic heterocycles. The Labute approximate surface area is 125 Å². The summed E-state index contributed by atoms with van der Waals surface area (Å²) in [7, 11) is 0. The number of fused-ring (bicyclic) bond motifs is 2. The molecule has 1 aliphatic carbocycles. The molecular formula is C15H12ClN3S. The number of thiazole rings is 1. The van der Waals surface area contributed by atoms with E-state index in [9.17, 15) is 0 Å². The average molecular weight is 302 g/mol. The first-order valence-electron chi connectivity index (χ1n) is 6.55. The largest absolute Gasteiger partial charge is 0.375 e. The van der Waals surface area contributed by atoms with Crippen LogP contribution in [0.5, 0.6) is 0 Å². The molecule has 0 radical (unpaired) electrons. The molecule has 0 saturated heterocycles. The highest BCUT2D eigenvalue weighted by atomic mass is 35.5. The van der Waals surface area contributed by atoms with Crippen LogP contribution in [-0.4, -0.2) is 9.97 Å². The van der Waals surface area contributed by atoms with Gasteiger partial charge in [0.2, 0.25) is 0 Å². The number of nitrogen functional groups attached to an aromatic ring is 1. The molecule has 0 amide bonds. The monoisotopic (exact) mass is 301 g/mol. The first-order valence-corrected chi connectivity index (χ1v) is 7.80. The maximum atomic E-state index is 6.16. The Morgan fingerprint density at radius 3 is 2.90 bits per heavy atom. The molecule has 20 heavy (non-hydrogen) atoms. The van der Waals surface area contributed by atoms with E-state index in [1.807, 2.05) is 23.6 Å². The third kappa shape index (κ3) is 1.79. The number of rotatable bonds is 1. The summed E-state index contributed by atoms with van der Waals surface area (Å²) in [6.07, 6.45) is 3.25. The Kier molecular flexibility index (Phi) is 2.69. The van der Waals surface area contributed by atoms with Crippen molar-refractivity contribution in [3.63, 3.8) is 0 Å². The van der Waals surface area contributed by atoms with Crippen LogP contribution in [0.1, 0.15) is 17.7 Å². The molecule has 0 unspecified atom stereocenters. The number of aromatic nitrogens is 2. The fourth-order valence-corrected chi connectivity index (χ4v) is 3.66. The Morgan fingerprint density at radius 1 is 1.20 bits per heavy atom. The second-order valence-corrected chi connectivity index (χ2v) is 6.32. The fraction of sp³-hybridized carbons (Fsp3) is 0.200. The SMILES string of the molecule is Nc1nc(-c2c3c(nc4ccc(Cl)cc24)CCC3)cs1. The van der Waals surface area contributed by atoms with Gasteiger partial charge in [0.1, 0.15) is 0 Å². The number of hydrogen-bond acceptors (Lipinski definition) is 4. The lowest BCUT2D eigenvalue weighted by atomic mass is 9.99. The van der Waals surface area contributed by atoms with Crippen molar-refractivity contribution in [1.82, 2.24) is 9.97 Å². The average Bonchev–Trinajstić information content (AvgIpc) is 3.04. The molecule has 2 aromatic heterocycles. The molecule has 1 aromatic carbocycles. The van der Waals surface area contributed by atoms with E-state index in [0.717, 1.165) is 46.4 Å². The highest BCUT2D eigenvalue weighted by Crippen LogP contribution is 2.38. The standard InChI is InChI=1S/C15H12ClN3S/c16-8-4-5-12-10(6-8)14(13-7-20-15(17)19-13)9-2-1-3-11(9)18-12/h4-7H,1-3H2,(H2,17,19). The van der Waals surface area contributed by atoms with Gasteiger partial charge < -0.3 is 5.73 Å². The molecule has 100 valence electrons. The number of benzene rings is 1. The van der Waals surface area contributed by atoms with Crippen molar-refractivity contribution in [2.24, 2.45) is 0 Å². The number of aryl methyl sites for hydroxylation is 1. The molecule has 0 atom stereocenters. The number of hydrogen-bond donors (Lipinski definition) is 1. The van der Waals surface area contributed by atoms with Crippen LogP contribution in [0.3, 0.4) is 0 Å². The molecule has 0 saturated carbocycles. The third-order valence-electron chi connectivity index (χ3n) is 3.75. The topological polar surface area (TPSA) is 51.8 Å². The molecule has 4 rings (SSSR count). The normalized spacial score (nSPS) is 13.8. The van der Waals surface area contributed by atoms with Gasteiger partial charge in [0.05, 0.1) is 11.2 Å². The van der Waals surface area contributed by atoms with Crippen LogP contribution in [0.15, 0.2) is 23.6 Å². The number of anilines is 1. The van der Waals surface area contributed by atoms with Gasteiger partial charge in [-0.3, -0.25) is 4.98 Å². The van der Waals surface area contributed by atoms with E-state index < -0.39 is 0 Å². The van der Waals surface area contributed by atoms with Crippen molar-refractivity contribution in [3.8, 4) is 11.3 Å². The van der Waals surface area contributed by atoms with Crippen LogP contribution < -0.4 is 5.73 Å². The van der Waals surface area contributed by atoms with Crippen molar-refractivity contribution in [2.75, 3.05) is 5.73 Å². The van der Waals surface area contributed by atoms with Crippen LogP contribution in [0.25, 0.3) is 22.2 Å². The summed E-state index contributed by atoms with van der Waals surface area (Å²) in [4.78, 5) is 9.24. The van der Waals surface area contributed by atoms with E-state index >= 15 is 0 Å². The Morgan fingerprint density at radius 2 is 2.10 bits per heavy atom. The van der Waals surface area contributed by atoms with Gasteiger partial charge in [0, 0.05) is 27.0 Å². The van der Waals surface area contributed by atoms with E-state index in [0.29, 0.717) is 5.13 Å². The highest BCUT2D eigenvalue weighted by molar-refractivity contribution is 7.13. The van der Waals surface area contributed by atoms with Gasteiger partial charge in [-0.1, -0.05) is 11.6 Å². The van der Waals surface area contributed by atoms with Gasteiger partial charge >= 0.3 is 0 Å². The molecule has 0 bridgehead atoms. The number of nitrogens with zero attached hydrogens (tertiary/aromatic N) is 2. The Bertz CT molecular complexity index is 825. The van der Waals surface area contributed by atoms with Crippen molar-refractivity contribution in [1.29, 1.82) is 0 Å². The summed E-state index contributed by atoms with van der Waals surface area (Å²) in [5, 5.41) is 4.41. The van der Waals surface area contributed by atoms with Gasteiger partial charge in [-0.05, 0) is 43.0 Å². The van der Waals surface area contributed by atoms with Gasteiger partial charge in [-0.2, -0.15) is 0 Å². The van der Waals surface area contributed by atoms with E-state index in [1.54, 1.807) is 0 Å². The van der Waals surface area contributed by atoms with Crippen LogP contribution in [-0.2, 0) is 12.8 Å². The van der Waals surface area contributed by atoms with Gasteiger partial charge in [-0.15, -0.1) is 11.3 Å². The maximum Gasteiger partial charge on any atom is 0.180 e. The zero-order valence-corrected chi connectivity index (χ0v) is 12.3. The minimum Gasteiger partial charge on any atom is -0.375 e.